The topological polar surface area (TPSA) is 68.0 Å². The van der Waals surface area contributed by atoms with E-state index < -0.39 is 0 Å². The molecular formula is C10H13Cl2N3O. The summed E-state index contributed by atoms with van der Waals surface area (Å²) in [6.45, 7) is 4.56. The second kappa shape index (κ2) is 5.37. The molecule has 0 fully saturated rings. The van der Waals surface area contributed by atoms with E-state index in [1.165, 1.54) is 6.07 Å². The number of amides is 1. The number of nitrogen functional groups attached to an aromatic ring is 1. The highest BCUT2D eigenvalue weighted by Crippen LogP contribution is 2.23. The summed E-state index contributed by atoms with van der Waals surface area (Å²) in [4.78, 5) is 15.5. The van der Waals surface area contributed by atoms with Crippen molar-refractivity contribution in [3.05, 3.63) is 21.9 Å². The van der Waals surface area contributed by atoms with Gasteiger partial charge in [-0.25, -0.2) is 4.98 Å². The Morgan fingerprint density at radius 2 is 2.19 bits per heavy atom. The molecule has 0 atom stereocenters. The first kappa shape index (κ1) is 13.1. The molecule has 0 saturated heterocycles. The summed E-state index contributed by atoms with van der Waals surface area (Å²) in [6, 6.07) is 1.40. The third-order valence-corrected chi connectivity index (χ3v) is 2.38. The lowest BCUT2D eigenvalue weighted by Gasteiger charge is -2.10. The number of nitrogens with two attached hydrogens (primary N) is 1. The van der Waals surface area contributed by atoms with Crippen molar-refractivity contribution < 1.29 is 4.79 Å². The van der Waals surface area contributed by atoms with Gasteiger partial charge in [0.15, 0.2) is 5.15 Å². The number of aromatic nitrogens is 1. The Labute approximate surface area is 104 Å². The van der Waals surface area contributed by atoms with Crippen LogP contribution in [0.2, 0.25) is 10.3 Å². The second-order valence-electron chi connectivity index (χ2n) is 3.80. The molecule has 3 N–H and O–H groups in total. The van der Waals surface area contributed by atoms with Gasteiger partial charge in [0.1, 0.15) is 5.15 Å². The molecule has 1 aromatic heterocycles. The number of halogens is 2. The first-order chi connectivity index (χ1) is 7.41. The van der Waals surface area contributed by atoms with Gasteiger partial charge in [-0.15, -0.1) is 0 Å². The first-order valence-corrected chi connectivity index (χ1v) is 5.57. The van der Waals surface area contributed by atoms with E-state index in [0.29, 0.717) is 12.5 Å². The molecular weight excluding hydrogens is 249 g/mol. The maximum absolute atomic E-state index is 11.7. The Hall–Kier alpha value is -1.00. The van der Waals surface area contributed by atoms with E-state index in [4.69, 9.17) is 28.9 Å². The average molecular weight is 262 g/mol. The predicted molar refractivity (Wildman–Crippen MR) is 65.8 cm³/mol. The SMILES string of the molecule is CC(C)CNC(=O)c1cc(Cl)nc(Cl)c1N. The van der Waals surface area contributed by atoms with Gasteiger partial charge in [-0.1, -0.05) is 37.0 Å². The van der Waals surface area contributed by atoms with Crippen LogP contribution in [0.5, 0.6) is 0 Å². The summed E-state index contributed by atoms with van der Waals surface area (Å²) in [7, 11) is 0. The van der Waals surface area contributed by atoms with Gasteiger partial charge in [0.2, 0.25) is 0 Å². The fraction of sp³-hybridized carbons (Fsp3) is 0.400. The summed E-state index contributed by atoms with van der Waals surface area (Å²) in [5.41, 5.74) is 6.05. The predicted octanol–water partition coefficient (Wildman–Crippen LogP) is 2.36. The number of anilines is 1. The van der Waals surface area contributed by atoms with Crippen molar-refractivity contribution in [1.29, 1.82) is 0 Å². The molecule has 0 aliphatic rings. The largest absolute Gasteiger partial charge is 0.396 e. The molecule has 1 rings (SSSR count). The highest BCUT2D eigenvalue weighted by atomic mass is 35.5. The number of carbonyl (C=O) groups excluding carboxylic acids is 1. The van der Waals surface area contributed by atoms with Gasteiger partial charge < -0.3 is 11.1 Å². The number of nitrogens with one attached hydrogen (secondary N) is 1. The zero-order valence-corrected chi connectivity index (χ0v) is 10.6. The van der Waals surface area contributed by atoms with Crippen molar-refractivity contribution in [3.8, 4) is 0 Å². The quantitative estimate of drug-likeness (QED) is 0.821. The molecule has 16 heavy (non-hydrogen) atoms. The standard InChI is InChI=1S/C10H13Cl2N3O/c1-5(2)4-14-10(16)6-3-7(11)15-9(12)8(6)13/h3,5H,4,13H2,1-2H3,(H,14,16). The number of rotatable bonds is 3. The monoisotopic (exact) mass is 261 g/mol. The molecule has 0 radical (unpaired) electrons. The first-order valence-electron chi connectivity index (χ1n) is 4.81. The smallest absolute Gasteiger partial charge is 0.253 e. The molecule has 1 heterocycles. The molecule has 1 amide bonds. The molecule has 0 aromatic carbocycles. The van der Waals surface area contributed by atoms with Crippen LogP contribution in [-0.4, -0.2) is 17.4 Å². The molecule has 0 bridgehead atoms. The van der Waals surface area contributed by atoms with Crippen molar-refractivity contribution in [2.45, 2.75) is 13.8 Å². The van der Waals surface area contributed by atoms with Crippen LogP contribution in [0, 0.1) is 5.92 Å². The Kier molecular flexibility index (Phi) is 4.38. The van der Waals surface area contributed by atoms with Gasteiger partial charge in [0.05, 0.1) is 11.3 Å². The zero-order chi connectivity index (χ0) is 12.3. The van der Waals surface area contributed by atoms with Crippen LogP contribution in [0.4, 0.5) is 5.69 Å². The van der Waals surface area contributed by atoms with Crippen molar-refractivity contribution in [2.24, 2.45) is 5.92 Å². The molecule has 0 spiro atoms. The summed E-state index contributed by atoms with van der Waals surface area (Å²) in [5, 5.41) is 2.92. The van der Waals surface area contributed by atoms with E-state index in [-0.39, 0.29) is 27.5 Å². The van der Waals surface area contributed by atoms with Gasteiger partial charge in [-0.2, -0.15) is 0 Å². The molecule has 0 aliphatic carbocycles. The molecule has 6 heteroatoms. The average Bonchev–Trinajstić information content (AvgIpc) is 2.19. The molecule has 0 aliphatic heterocycles. The van der Waals surface area contributed by atoms with E-state index in [1.54, 1.807) is 0 Å². The van der Waals surface area contributed by atoms with E-state index in [2.05, 4.69) is 10.3 Å². The highest BCUT2D eigenvalue weighted by molar-refractivity contribution is 6.35. The fourth-order valence-corrected chi connectivity index (χ4v) is 1.50. The number of carbonyl (C=O) groups is 1. The fourth-order valence-electron chi connectivity index (χ4n) is 1.07. The molecule has 88 valence electrons. The van der Waals surface area contributed by atoms with Crippen LogP contribution in [0.3, 0.4) is 0 Å². The zero-order valence-electron chi connectivity index (χ0n) is 9.05. The van der Waals surface area contributed by atoms with E-state index in [9.17, 15) is 4.79 Å². The van der Waals surface area contributed by atoms with Gasteiger partial charge in [-0.3, -0.25) is 4.79 Å². The van der Waals surface area contributed by atoms with Crippen molar-refractivity contribution >= 4 is 34.8 Å². The van der Waals surface area contributed by atoms with Crippen LogP contribution in [0.25, 0.3) is 0 Å². The lowest BCUT2D eigenvalue weighted by molar-refractivity contribution is 0.0950. The number of hydrogen-bond acceptors (Lipinski definition) is 3. The van der Waals surface area contributed by atoms with Crippen molar-refractivity contribution in [3.63, 3.8) is 0 Å². The third kappa shape index (κ3) is 3.25. The van der Waals surface area contributed by atoms with Crippen molar-refractivity contribution in [2.75, 3.05) is 12.3 Å². The van der Waals surface area contributed by atoms with Crippen LogP contribution in [0.15, 0.2) is 6.07 Å². The molecule has 1 aromatic rings. The maximum atomic E-state index is 11.7. The number of nitrogens with zero attached hydrogens (tertiary/aromatic N) is 1. The highest BCUT2D eigenvalue weighted by Gasteiger charge is 2.14. The Balaban J connectivity index is 2.91. The Bertz CT molecular complexity index is 407. The maximum Gasteiger partial charge on any atom is 0.253 e. The minimum atomic E-state index is -0.294. The second-order valence-corrected chi connectivity index (χ2v) is 4.55. The van der Waals surface area contributed by atoms with E-state index in [1.807, 2.05) is 13.8 Å². The summed E-state index contributed by atoms with van der Waals surface area (Å²) in [5.74, 6) is 0.0651. The summed E-state index contributed by atoms with van der Waals surface area (Å²) >= 11 is 11.4. The molecule has 0 unspecified atom stereocenters. The van der Waals surface area contributed by atoms with Crippen LogP contribution in [-0.2, 0) is 0 Å². The third-order valence-electron chi connectivity index (χ3n) is 1.90. The normalized spacial score (nSPS) is 10.6. The van der Waals surface area contributed by atoms with Crippen LogP contribution >= 0.6 is 23.2 Å². The number of pyridine rings is 1. The van der Waals surface area contributed by atoms with Gasteiger partial charge in [0, 0.05) is 6.54 Å². The van der Waals surface area contributed by atoms with Gasteiger partial charge in [0.25, 0.3) is 5.91 Å². The van der Waals surface area contributed by atoms with Gasteiger partial charge >= 0.3 is 0 Å². The lowest BCUT2D eigenvalue weighted by atomic mass is 10.2. The minimum Gasteiger partial charge on any atom is -0.396 e. The van der Waals surface area contributed by atoms with Crippen molar-refractivity contribution in [1.82, 2.24) is 10.3 Å². The van der Waals surface area contributed by atoms with Crippen LogP contribution < -0.4 is 11.1 Å². The Morgan fingerprint density at radius 1 is 1.56 bits per heavy atom. The summed E-state index contributed by atoms with van der Waals surface area (Å²) < 4.78 is 0. The Morgan fingerprint density at radius 3 is 2.75 bits per heavy atom. The van der Waals surface area contributed by atoms with E-state index in [0.717, 1.165) is 0 Å². The molecule has 0 saturated carbocycles. The van der Waals surface area contributed by atoms with E-state index >= 15 is 0 Å². The lowest BCUT2D eigenvalue weighted by Crippen LogP contribution is -2.28. The molecule has 4 nitrogen and oxygen atoms in total. The number of hydrogen-bond donors (Lipinski definition) is 2. The minimum absolute atomic E-state index is 0.0437. The summed E-state index contributed by atoms with van der Waals surface area (Å²) in [6.07, 6.45) is 0. The van der Waals surface area contributed by atoms with Crippen LogP contribution in [0.1, 0.15) is 24.2 Å². The van der Waals surface area contributed by atoms with Gasteiger partial charge in [-0.05, 0) is 12.0 Å².